The van der Waals surface area contributed by atoms with Crippen molar-refractivity contribution in [3.63, 3.8) is 0 Å². The average molecular weight is 142 g/mol. The van der Waals surface area contributed by atoms with Crippen molar-refractivity contribution < 1.29 is 10.2 Å². The van der Waals surface area contributed by atoms with Gasteiger partial charge < -0.3 is 10.2 Å². The molecule has 0 aliphatic rings. The third-order valence-corrected chi connectivity index (χ3v) is 1.17. The van der Waals surface area contributed by atoms with Gasteiger partial charge in [-0.1, -0.05) is 6.58 Å². The third kappa shape index (κ3) is 5.38. The van der Waals surface area contributed by atoms with Crippen LogP contribution in [0.4, 0.5) is 0 Å². The van der Waals surface area contributed by atoms with E-state index in [4.69, 9.17) is 10.2 Å². The van der Waals surface area contributed by atoms with Crippen molar-refractivity contribution in [1.29, 1.82) is 0 Å². The normalized spacial score (nSPS) is 11.5. The van der Waals surface area contributed by atoms with Crippen LogP contribution in [0.15, 0.2) is 24.5 Å². The van der Waals surface area contributed by atoms with E-state index in [0.29, 0.717) is 0 Å². The predicted molar refractivity (Wildman–Crippen MR) is 41.8 cm³/mol. The minimum absolute atomic E-state index is 0.220. The first-order chi connectivity index (χ1) is 4.81. The maximum Gasteiger partial charge on any atom is 0.111 e. The van der Waals surface area contributed by atoms with Gasteiger partial charge in [0.05, 0.1) is 0 Å². The zero-order chi connectivity index (χ0) is 7.82. The molecule has 0 bridgehead atoms. The van der Waals surface area contributed by atoms with Crippen molar-refractivity contribution in [3.05, 3.63) is 24.5 Å². The van der Waals surface area contributed by atoms with Crippen molar-refractivity contribution in [1.82, 2.24) is 0 Å². The zero-order valence-corrected chi connectivity index (χ0v) is 6.08. The van der Waals surface area contributed by atoms with Gasteiger partial charge in [-0.2, -0.15) is 0 Å². The van der Waals surface area contributed by atoms with E-state index in [-0.39, 0.29) is 12.4 Å². The maximum atomic E-state index is 8.84. The minimum Gasteiger partial charge on any atom is -0.508 e. The Morgan fingerprint density at radius 3 is 2.60 bits per heavy atom. The van der Waals surface area contributed by atoms with Crippen molar-refractivity contribution in [3.8, 4) is 0 Å². The summed E-state index contributed by atoms with van der Waals surface area (Å²) in [4.78, 5) is 0. The molecule has 2 heteroatoms. The summed E-state index contributed by atoms with van der Waals surface area (Å²) in [6.07, 6.45) is 5.61. The Kier molecular flexibility index (Phi) is 5.88. The van der Waals surface area contributed by atoms with E-state index in [9.17, 15) is 0 Å². The summed E-state index contributed by atoms with van der Waals surface area (Å²) in [5.41, 5.74) is 0. The molecule has 0 rings (SSSR count). The van der Waals surface area contributed by atoms with E-state index < -0.39 is 0 Å². The minimum atomic E-state index is 0.220. The molecule has 2 nitrogen and oxygen atoms in total. The van der Waals surface area contributed by atoms with Crippen LogP contribution >= 0.6 is 0 Å². The smallest absolute Gasteiger partial charge is 0.111 e. The highest BCUT2D eigenvalue weighted by Crippen LogP contribution is 1.98. The molecule has 0 unspecified atom stereocenters. The molecule has 0 radical (unpaired) electrons. The summed E-state index contributed by atoms with van der Waals surface area (Å²) in [5, 5.41) is 17.2. The van der Waals surface area contributed by atoms with Crippen LogP contribution in [-0.2, 0) is 0 Å². The van der Waals surface area contributed by atoms with E-state index in [0.717, 1.165) is 19.3 Å². The molecule has 10 heavy (non-hydrogen) atoms. The van der Waals surface area contributed by atoms with E-state index in [1.165, 1.54) is 6.08 Å². The average Bonchev–Trinajstić information content (AvgIpc) is 1.98. The number of unbranched alkanes of at least 4 members (excludes halogenated alkanes) is 2. The van der Waals surface area contributed by atoms with Crippen molar-refractivity contribution in [2.24, 2.45) is 0 Å². The molecule has 58 valence electrons. The standard InChI is InChI=1S/C8H14O2/c1-2-8(10)6-4-3-5-7-9/h2,6,9-10H,1,3-5,7H2. The Bertz CT molecular complexity index is 116. The van der Waals surface area contributed by atoms with E-state index in [1.807, 2.05) is 0 Å². The maximum absolute atomic E-state index is 8.84. The molecule has 0 aliphatic heterocycles. The molecular weight excluding hydrogens is 128 g/mol. The first kappa shape index (κ1) is 9.24. The van der Waals surface area contributed by atoms with Gasteiger partial charge in [0.1, 0.15) is 5.76 Å². The second kappa shape index (κ2) is 6.36. The van der Waals surface area contributed by atoms with Crippen molar-refractivity contribution >= 4 is 0 Å². The highest BCUT2D eigenvalue weighted by molar-refractivity contribution is 5.05. The lowest BCUT2D eigenvalue weighted by atomic mass is 10.2. The number of rotatable bonds is 5. The Morgan fingerprint density at radius 2 is 2.10 bits per heavy atom. The van der Waals surface area contributed by atoms with Crippen LogP contribution in [0.2, 0.25) is 0 Å². The van der Waals surface area contributed by atoms with E-state index >= 15 is 0 Å². The number of allylic oxidation sites excluding steroid dienone is 2. The largest absolute Gasteiger partial charge is 0.508 e. The first-order valence-corrected chi connectivity index (χ1v) is 3.43. The number of hydrogen-bond donors (Lipinski definition) is 2. The summed E-state index contributed by atoms with van der Waals surface area (Å²) >= 11 is 0. The lowest BCUT2D eigenvalue weighted by molar-refractivity contribution is 0.285. The highest BCUT2D eigenvalue weighted by Gasteiger charge is 1.85. The molecule has 0 aromatic carbocycles. The van der Waals surface area contributed by atoms with Crippen LogP contribution in [0, 0.1) is 0 Å². The summed E-state index contributed by atoms with van der Waals surface area (Å²) < 4.78 is 0. The van der Waals surface area contributed by atoms with Crippen molar-refractivity contribution in [2.45, 2.75) is 19.3 Å². The molecule has 0 atom stereocenters. The molecule has 0 aromatic heterocycles. The van der Waals surface area contributed by atoms with Gasteiger partial charge in [-0.05, 0) is 31.4 Å². The number of aliphatic hydroxyl groups is 2. The molecule has 0 saturated heterocycles. The molecule has 0 fully saturated rings. The van der Waals surface area contributed by atoms with Crippen LogP contribution in [0.3, 0.4) is 0 Å². The number of aliphatic hydroxyl groups excluding tert-OH is 2. The Labute approximate surface area is 61.5 Å². The SMILES string of the molecule is C=CC(O)=CCCCCO. The van der Waals surface area contributed by atoms with Gasteiger partial charge in [0.2, 0.25) is 0 Å². The summed E-state index contributed by atoms with van der Waals surface area (Å²) in [7, 11) is 0. The lowest BCUT2D eigenvalue weighted by Gasteiger charge is -1.92. The van der Waals surface area contributed by atoms with Crippen molar-refractivity contribution in [2.75, 3.05) is 6.61 Å². The van der Waals surface area contributed by atoms with Crippen LogP contribution < -0.4 is 0 Å². The first-order valence-electron chi connectivity index (χ1n) is 3.43. The van der Waals surface area contributed by atoms with E-state index in [2.05, 4.69) is 6.58 Å². The fourth-order valence-corrected chi connectivity index (χ4v) is 0.589. The van der Waals surface area contributed by atoms with Gasteiger partial charge in [0, 0.05) is 6.61 Å². The van der Waals surface area contributed by atoms with E-state index in [1.54, 1.807) is 6.08 Å². The Balaban J connectivity index is 3.24. The van der Waals surface area contributed by atoms with Gasteiger partial charge in [-0.25, -0.2) is 0 Å². The second-order valence-electron chi connectivity index (χ2n) is 2.05. The molecule has 0 aromatic rings. The zero-order valence-electron chi connectivity index (χ0n) is 6.08. The summed E-state index contributed by atoms with van der Waals surface area (Å²) in [6.45, 7) is 3.62. The molecule has 0 saturated carbocycles. The van der Waals surface area contributed by atoms with Crippen LogP contribution in [-0.4, -0.2) is 16.8 Å². The van der Waals surface area contributed by atoms with Crippen LogP contribution in [0.1, 0.15) is 19.3 Å². The topological polar surface area (TPSA) is 40.5 Å². The monoisotopic (exact) mass is 142 g/mol. The van der Waals surface area contributed by atoms with Gasteiger partial charge in [0.15, 0.2) is 0 Å². The fourth-order valence-electron chi connectivity index (χ4n) is 0.589. The molecule has 0 aliphatic carbocycles. The second-order valence-corrected chi connectivity index (χ2v) is 2.05. The summed E-state index contributed by atoms with van der Waals surface area (Å²) in [6, 6.07) is 0. The molecule has 2 N–H and O–H groups in total. The molecule has 0 heterocycles. The Hall–Kier alpha value is -0.760. The van der Waals surface area contributed by atoms with Gasteiger partial charge in [0.25, 0.3) is 0 Å². The molecular formula is C8H14O2. The highest BCUT2D eigenvalue weighted by atomic mass is 16.3. The number of hydrogen-bond acceptors (Lipinski definition) is 2. The molecule has 0 amide bonds. The fraction of sp³-hybridized carbons (Fsp3) is 0.500. The van der Waals surface area contributed by atoms with Crippen LogP contribution in [0.25, 0.3) is 0 Å². The summed E-state index contributed by atoms with van der Waals surface area (Å²) in [5.74, 6) is 0.220. The lowest BCUT2D eigenvalue weighted by Crippen LogP contribution is -1.81. The molecule has 0 spiro atoms. The van der Waals surface area contributed by atoms with Gasteiger partial charge >= 0.3 is 0 Å². The quantitative estimate of drug-likeness (QED) is 0.349. The predicted octanol–water partition coefficient (Wildman–Crippen LogP) is 1.78. The Morgan fingerprint density at radius 1 is 1.40 bits per heavy atom. The van der Waals surface area contributed by atoms with Gasteiger partial charge in [-0.3, -0.25) is 0 Å². The van der Waals surface area contributed by atoms with Gasteiger partial charge in [-0.15, -0.1) is 0 Å². The van der Waals surface area contributed by atoms with Crippen LogP contribution in [0.5, 0.6) is 0 Å². The third-order valence-electron chi connectivity index (χ3n) is 1.17.